The molecule has 0 bridgehead atoms. The summed E-state index contributed by atoms with van der Waals surface area (Å²) in [5, 5.41) is 0. The van der Waals surface area contributed by atoms with Crippen molar-refractivity contribution in [1.29, 1.82) is 0 Å². The molecule has 0 aromatic heterocycles. The van der Waals surface area contributed by atoms with E-state index in [0.717, 1.165) is 0 Å². The van der Waals surface area contributed by atoms with E-state index in [1.165, 1.54) is 23.7 Å². The smallest absolute Gasteiger partial charge is 0.0622 e. The van der Waals surface area contributed by atoms with Crippen LogP contribution < -0.4 is 0 Å². The topological polar surface area (TPSA) is 9.23 Å². The minimum absolute atomic E-state index is 0.434. The largest absolute Gasteiger partial charge is 0.381 e. The van der Waals surface area contributed by atoms with E-state index in [2.05, 4.69) is 54.9 Å². The van der Waals surface area contributed by atoms with Gasteiger partial charge in [-0.3, -0.25) is 0 Å². The van der Waals surface area contributed by atoms with Crippen LogP contribution >= 0.6 is 15.9 Å². The minimum atomic E-state index is 0.434. The highest BCUT2D eigenvalue weighted by molar-refractivity contribution is 9.10. The zero-order chi connectivity index (χ0) is 14.5. The first-order chi connectivity index (χ1) is 9.47. The number of halogens is 1. The first-order valence-corrected chi connectivity index (χ1v) is 8.57. The molecule has 2 unspecified atom stereocenters. The SMILES string of the molecule is COC1[C@H](C)CC2(Cc3ccc(Br)cc3[C@H]2C)C[C@@H]1C. The molecule has 1 nitrogen and oxygen atoms in total. The molecule has 1 aromatic carbocycles. The van der Waals surface area contributed by atoms with Gasteiger partial charge in [0.1, 0.15) is 0 Å². The Morgan fingerprint density at radius 3 is 2.40 bits per heavy atom. The Bertz CT molecular complexity index is 498. The van der Waals surface area contributed by atoms with Crippen LogP contribution in [0.15, 0.2) is 22.7 Å². The van der Waals surface area contributed by atoms with Crippen molar-refractivity contribution in [2.75, 3.05) is 7.11 Å². The highest BCUT2D eigenvalue weighted by Crippen LogP contribution is 2.57. The zero-order valence-corrected chi connectivity index (χ0v) is 14.5. The van der Waals surface area contributed by atoms with Crippen molar-refractivity contribution in [3.05, 3.63) is 33.8 Å². The lowest BCUT2D eigenvalue weighted by Gasteiger charge is -2.47. The van der Waals surface area contributed by atoms with Crippen LogP contribution in [0.25, 0.3) is 0 Å². The van der Waals surface area contributed by atoms with Crippen LogP contribution in [0.3, 0.4) is 0 Å². The molecule has 2 aliphatic rings. The molecular weight excluding hydrogens is 312 g/mol. The third-order valence-corrected chi connectivity index (χ3v) is 6.38. The van der Waals surface area contributed by atoms with E-state index in [1.807, 2.05) is 7.11 Å². The molecule has 110 valence electrons. The van der Waals surface area contributed by atoms with Crippen LogP contribution in [-0.4, -0.2) is 13.2 Å². The summed E-state index contributed by atoms with van der Waals surface area (Å²) < 4.78 is 6.96. The summed E-state index contributed by atoms with van der Waals surface area (Å²) in [7, 11) is 1.87. The molecule has 0 radical (unpaired) electrons. The van der Waals surface area contributed by atoms with Gasteiger partial charge in [-0.25, -0.2) is 0 Å². The van der Waals surface area contributed by atoms with Crippen molar-refractivity contribution in [3.8, 4) is 0 Å². The van der Waals surface area contributed by atoms with Gasteiger partial charge < -0.3 is 4.74 Å². The van der Waals surface area contributed by atoms with Gasteiger partial charge >= 0.3 is 0 Å². The molecule has 20 heavy (non-hydrogen) atoms. The fourth-order valence-corrected chi connectivity index (χ4v) is 5.49. The molecule has 5 atom stereocenters. The fourth-order valence-electron chi connectivity index (χ4n) is 5.11. The fraction of sp³-hybridized carbons (Fsp3) is 0.667. The van der Waals surface area contributed by atoms with E-state index in [-0.39, 0.29) is 0 Å². The standard InChI is InChI=1S/C18H25BrO/c1-11-8-18(9-12(2)17(11)20-4)10-14-5-6-15(19)7-16(14)13(18)3/h5-7,11-13,17H,8-10H2,1-4H3/t11-,12+,13-,17?,18?/m1/s1. The Morgan fingerprint density at radius 2 is 1.80 bits per heavy atom. The second kappa shape index (κ2) is 5.14. The van der Waals surface area contributed by atoms with E-state index in [1.54, 1.807) is 11.1 Å². The molecule has 1 fully saturated rings. The Balaban J connectivity index is 1.93. The number of rotatable bonds is 1. The molecular formula is C18H25BrO. The molecule has 0 N–H and O–H groups in total. The predicted octanol–water partition coefficient (Wildman–Crippen LogP) is 5.18. The third kappa shape index (κ3) is 2.16. The molecule has 1 spiro atoms. The third-order valence-electron chi connectivity index (χ3n) is 5.89. The monoisotopic (exact) mass is 336 g/mol. The molecule has 1 saturated carbocycles. The van der Waals surface area contributed by atoms with E-state index >= 15 is 0 Å². The number of fused-ring (bicyclic) bond motifs is 1. The van der Waals surface area contributed by atoms with Crippen LogP contribution in [0.5, 0.6) is 0 Å². The van der Waals surface area contributed by atoms with Crippen LogP contribution in [0.1, 0.15) is 50.7 Å². The average Bonchev–Trinajstić information content (AvgIpc) is 2.63. The lowest BCUT2D eigenvalue weighted by Crippen LogP contribution is -2.43. The van der Waals surface area contributed by atoms with Gasteiger partial charge in [-0.2, -0.15) is 0 Å². The van der Waals surface area contributed by atoms with Crippen molar-refractivity contribution in [2.24, 2.45) is 17.3 Å². The van der Waals surface area contributed by atoms with Gasteiger partial charge in [-0.1, -0.05) is 42.8 Å². The minimum Gasteiger partial charge on any atom is -0.381 e. The number of benzene rings is 1. The quantitative estimate of drug-likeness (QED) is 0.686. The van der Waals surface area contributed by atoms with Crippen LogP contribution in [0.4, 0.5) is 0 Å². The Morgan fingerprint density at radius 1 is 1.15 bits per heavy atom. The van der Waals surface area contributed by atoms with Gasteiger partial charge in [0.05, 0.1) is 6.10 Å². The van der Waals surface area contributed by atoms with Gasteiger partial charge in [-0.05, 0) is 65.7 Å². The van der Waals surface area contributed by atoms with Crippen molar-refractivity contribution >= 4 is 15.9 Å². The van der Waals surface area contributed by atoms with E-state index in [4.69, 9.17) is 4.74 Å². The van der Waals surface area contributed by atoms with Gasteiger partial charge in [-0.15, -0.1) is 0 Å². The molecule has 0 saturated heterocycles. The molecule has 0 amide bonds. The molecule has 0 heterocycles. The summed E-state index contributed by atoms with van der Waals surface area (Å²) >= 11 is 3.63. The van der Waals surface area contributed by atoms with Gasteiger partial charge in [0.15, 0.2) is 0 Å². The zero-order valence-electron chi connectivity index (χ0n) is 12.9. The van der Waals surface area contributed by atoms with Crippen molar-refractivity contribution in [1.82, 2.24) is 0 Å². The Kier molecular flexibility index (Phi) is 3.75. The van der Waals surface area contributed by atoms with E-state index in [9.17, 15) is 0 Å². The Labute approximate surface area is 131 Å². The lowest BCUT2D eigenvalue weighted by molar-refractivity contribution is -0.0565. The lowest BCUT2D eigenvalue weighted by atomic mass is 9.60. The van der Waals surface area contributed by atoms with Gasteiger partial charge in [0, 0.05) is 11.6 Å². The van der Waals surface area contributed by atoms with Crippen LogP contribution in [0, 0.1) is 17.3 Å². The number of ether oxygens (including phenoxy) is 1. The molecule has 0 aliphatic heterocycles. The maximum atomic E-state index is 5.74. The van der Waals surface area contributed by atoms with Crippen molar-refractivity contribution < 1.29 is 4.74 Å². The maximum absolute atomic E-state index is 5.74. The maximum Gasteiger partial charge on any atom is 0.0622 e. The summed E-state index contributed by atoms with van der Waals surface area (Å²) in [6.07, 6.45) is 4.28. The second-order valence-electron chi connectivity index (χ2n) is 7.17. The Hall–Kier alpha value is -0.340. The second-order valence-corrected chi connectivity index (χ2v) is 8.08. The van der Waals surface area contributed by atoms with Crippen LogP contribution in [0.2, 0.25) is 0 Å². The highest BCUT2D eigenvalue weighted by atomic mass is 79.9. The molecule has 2 aliphatic carbocycles. The first-order valence-electron chi connectivity index (χ1n) is 7.78. The number of methoxy groups -OCH3 is 1. The van der Waals surface area contributed by atoms with Gasteiger partial charge in [0.2, 0.25) is 0 Å². The number of hydrogen-bond donors (Lipinski definition) is 0. The normalized spacial score (nSPS) is 40.0. The van der Waals surface area contributed by atoms with Crippen molar-refractivity contribution in [2.45, 2.75) is 52.1 Å². The summed E-state index contributed by atoms with van der Waals surface area (Å²) in [5.74, 6) is 1.98. The predicted molar refractivity (Wildman–Crippen MR) is 87.1 cm³/mol. The average molecular weight is 337 g/mol. The highest BCUT2D eigenvalue weighted by Gasteiger charge is 2.50. The summed E-state index contributed by atoms with van der Waals surface area (Å²) in [6.45, 7) is 7.18. The molecule has 1 aromatic rings. The van der Waals surface area contributed by atoms with E-state index < -0.39 is 0 Å². The number of hydrogen-bond acceptors (Lipinski definition) is 1. The summed E-state index contributed by atoms with van der Waals surface area (Å²) in [6, 6.07) is 6.85. The summed E-state index contributed by atoms with van der Waals surface area (Å²) in [4.78, 5) is 0. The molecule has 3 rings (SSSR count). The molecule has 2 heteroatoms. The van der Waals surface area contributed by atoms with Gasteiger partial charge in [0.25, 0.3) is 0 Å². The van der Waals surface area contributed by atoms with Crippen LogP contribution in [-0.2, 0) is 11.2 Å². The van der Waals surface area contributed by atoms with E-state index in [0.29, 0.717) is 29.3 Å². The van der Waals surface area contributed by atoms with Crippen molar-refractivity contribution in [3.63, 3.8) is 0 Å². The first kappa shape index (κ1) is 14.6. The summed E-state index contributed by atoms with van der Waals surface area (Å²) in [5.41, 5.74) is 3.59.